The van der Waals surface area contributed by atoms with Crippen molar-refractivity contribution in [2.24, 2.45) is 5.92 Å². The van der Waals surface area contributed by atoms with E-state index >= 15 is 0 Å². The van der Waals surface area contributed by atoms with E-state index in [2.05, 4.69) is 41.7 Å². The lowest BCUT2D eigenvalue weighted by molar-refractivity contribution is -0.131. The minimum atomic E-state index is -3.48. The molecule has 3 rings (SSSR count). The van der Waals surface area contributed by atoms with Crippen LogP contribution in [0.4, 0.5) is 5.69 Å². The van der Waals surface area contributed by atoms with E-state index in [9.17, 15) is 13.2 Å². The Kier molecular flexibility index (Phi) is 7.96. The lowest BCUT2D eigenvalue weighted by Crippen LogP contribution is -2.49. The van der Waals surface area contributed by atoms with Crippen molar-refractivity contribution in [2.45, 2.75) is 45.4 Å². The van der Waals surface area contributed by atoms with E-state index in [4.69, 9.17) is 0 Å². The number of nitrogens with zero attached hydrogens (tertiary/aromatic N) is 2. The number of carbonyl (C=O) groups excluding carboxylic acids is 1. The fourth-order valence-corrected chi connectivity index (χ4v) is 5.09. The Morgan fingerprint density at radius 2 is 1.66 bits per heavy atom. The highest BCUT2D eigenvalue weighted by atomic mass is 32.2. The first-order valence-electron chi connectivity index (χ1n) is 11.3. The highest BCUT2D eigenvalue weighted by Gasteiger charge is 2.22. The van der Waals surface area contributed by atoms with Gasteiger partial charge in [0.05, 0.1) is 4.90 Å². The second-order valence-corrected chi connectivity index (χ2v) is 10.7. The standard InChI is InChI=1S/C25H35N3O3S/c1-19(2)18-26-32(30,31)23-11-8-22(9-12-23)10-13-25(29)28-16-14-27(15-17-28)24-7-5-6-20(3)21(24)4/h5-9,11-12,19,26H,10,13-18H2,1-4H3. The molecule has 1 N–H and O–H groups in total. The first kappa shape index (κ1) is 24.3. The van der Waals surface area contributed by atoms with Gasteiger partial charge >= 0.3 is 0 Å². The first-order chi connectivity index (χ1) is 15.2. The summed E-state index contributed by atoms with van der Waals surface area (Å²) in [6.45, 7) is 11.8. The lowest BCUT2D eigenvalue weighted by atomic mass is 10.1. The summed E-state index contributed by atoms with van der Waals surface area (Å²) in [5.74, 6) is 0.402. The summed E-state index contributed by atoms with van der Waals surface area (Å²) in [7, 11) is -3.48. The second kappa shape index (κ2) is 10.5. The summed E-state index contributed by atoms with van der Waals surface area (Å²) in [5.41, 5.74) is 4.82. The summed E-state index contributed by atoms with van der Waals surface area (Å²) in [6.07, 6.45) is 1.04. The van der Waals surface area contributed by atoms with Gasteiger partial charge in [0.25, 0.3) is 0 Å². The number of carbonyl (C=O) groups is 1. The van der Waals surface area contributed by atoms with Crippen LogP contribution in [0.25, 0.3) is 0 Å². The zero-order valence-electron chi connectivity index (χ0n) is 19.6. The van der Waals surface area contributed by atoms with Crippen LogP contribution in [0.2, 0.25) is 0 Å². The number of anilines is 1. The van der Waals surface area contributed by atoms with Crippen LogP contribution in [0.3, 0.4) is 0 Å². The van der Waals surface area contributed by atoms with Crippen molar-refractivity contribution in [3.63, 3.8) is 0 Å². The van der Waals surface area contributed by atoms with E-state index in [-0.39, 0.29) is 16.7 Å². The molecule has 1 aliphatic heterocycles. The van der Waals surface area contributed by atoms with Crippen molar-refractivity contribution in [1.29, 1.82) is 0 Å². The number of aryl methyl sites for hydroxylation is 2. The van der Waals surface area contributed by atoms with Gasteiger partial charge in [0.2, 0.25) is 15.9 Å². The monoisotopic (exact) mass is 457 g/mol. The van der Waals surface area contributed by atoms with Crippen LogP contribution in [0.5, 0.6) is 0 Å². The molecule has 0 atom stereocenters. The number of piperazine rings is 1. The topological polar surface area (TPSA) is 69.7 Å². The highest BCUT2D eigenvalue weighted by Crippen LogP contribution is 2.24. The van der Waals surface area contributed by atoms with Crippen LogP contribution in [0.1, 0.15) is 37.0 Å². The summed E-state index contributed by atoms with van der Waals surface area (Å²) in [4.78, 5) is 17.3. The number of nitrogens with one attached hydrogen (secondary N) is 1. The van der Waals surface area contributed by atoms with Gasteiger partial charge in [-0.15, -0.1) is 0 Å². The smallest absolute Gasteiger partial charge is 0.240 e. The van der Waals surface area contributed by atoms with E-state index in [1.54, 1.807) is 24.3 Å². The van der Waals surface area contributed by atoms with Crippen LogP contribution in [0.15, 0.2) is 47.4 Å². The molecule has 1 fully saturated rings. The predicted molar refractivity (Wildman–Crippen MR) is 129 cm³/mol. The van der Waals surface area contributed by atoms with Gasteiger partial charge < -0.3 is 9.80 Å². The lowest BCUT2D eigenvalue weighted by Gasteiger charge is -2.37. The second-order valence-electron chi connectivity index (χ2n) is 8.98. The van der Waals surface area contributed by atoms with Crippen LogP contribution < -0.4 is 9.62 Å². The molecule has 0 aliphatic carbocycles. The Labute approximate surface area is 192 Å². The van der Waals surface area contributed by atoms with Crippen molar-refractivity contribution in [3.8, 4) is 0 Å². The van der Waals surface area contributed by atoms with Gasteiger partial charge in [-0.2, -0.15) is 0 Å². The molecule has 0 unspecified atom stereocenters. The third-order valence-corrected chi connectivity index (χ3v) is 7.53. The maximum absolute atomic E-state index is 12.7. The number of hydrogen-bond acceptors (Lipinski definition) is 4. The number of hydrogen-bond donors (Lipinski definition) is 1. The van der Waals surface area contributed by atoms with Crippen LogP contribution in [0, 0.1) is 19.8 Å². The molecule has 0 saturated carbocycles. The molecule has 0 radical (unpaired) electrons. The first-order valence-corrected chi connectivity index (χ1v) is 12.8. The number of rotatable bonds is 8. The van der Waals surface area contributed by atoms with Crippen molar-refractivity contribution < 1.29 is 13.2 Å². The average molecular weight is 458 g/mol. The summed E-state index contributed by atoms with van der Waals surface area (Å²) in [6, 6.07) is 13.2. The Bertz CT molecular complexity index is 1020. The minimum absolute atomic E-state index is 0.154. The molecular formula is C25H35N3O3S. The molecule has 0 aromatic heterocycles. The zero-order valence-corrected chi connectivity index (χ0v) is 20.4. The summed E-state index contributed by atoms with van der Waals surface area (Å²) < 4.78 is 27.2. The van der Waals surface area contributed by atoms with E-state index in [1.165, 1.54) is 16.8 Å². The third kappa shape index (κ3) is 6.11. The maximum atomic E-state index is 12.7. The molecule has 174 valence electrons. The van der Waals surface area contributed by atoms with Gasteiger partial charge in [-0.3, -0.25) is 4.79 Å². The predicted octanol–water partition coefficient (Wildman–Crippen LogP) is 3.52. The molecule has 1 heterocycles. The van der Waals surface area contributed by atoms with Crippen LogP contribution >= 0.6 is 0 Å². The van der Waals surface area contributed by atoms with Gasteiger partial charge in [0.15, 0.2) is 0 Å². The SMILES string of the molecule is Cc1cccc(N2CCN(C(=O)CCc3ccc(S(=O)(=O)NCC(C)C)cc3)CC2)c1C. The normalized spacial score (nSPS) is 14.8. The molecule has 32 heavy (non-hydrogen) atoms. The van der Waals surface area contributed by atoms with Gasteiger partial charge in [-0.05, 0) is 61.1 Å². The Balaban J connectivity index is 1.49. The van der Waals surface area contributed by atoms with E-state index in [0.717, 1.165) is 31.7 Å². The van der Waals surface area contributed by atoms with Crippen molar-refractivity contribution in [3.05, 3.63) is 59.2 Å². The van der Waals surface area contributed by atoms with Gasteiger partial charge in [-0.25, -0.2) is 13.1 Å². The fraction of sp³-hybridized carbons (Fsp3) is 0.480. The van der Waals surface area contributed by atoms with E-state index < -0.39 is 10.0 Å². The number of amides is 1. The quantitative estimate of drug-likeness (QED) is 0.659. The maximum Gasteiger partial charge on any atom is 0.240 e. The molecule has 2 aromatic rings. The zero-order chi connectivity index (χ0) is 23.3. The molecule has 2 aromatic carbocycles. The molecule has 7 heteroatoms. The fourth-order valence-electron chi connectivity index (χ4n) is 3.88. The molecule has 1 amide bonds. The Morgan fingerprint density at radius 3 is 2.28 bits per heavy atom. The highest BCUT2D eigenvalue weighted by molar-refractivity contribution is 7.89. The average Bonchev–Trinajstić information content (AvgIpc) is 2.78. The van der Waals surface area contributed by atoms with Crippen LogP contribution in [-0.4, -0.2) is 51.9 Å². The summed E-state index contributed by atoms with van der Waals surface area (Å²) in [5, 5.41) is 0. The van der Waals surface area contributed by atoms with Gasteiger partial charge in [0, 0.05) is 44.8 Å². The largest absolute Gasteiger partial charge is 0.368 e. The molecule has 0 bridgehead atoms. The van der Waals surface area contributed by atoms with Gasteiger partial charge in [0.1, 0.15) is 0 Å². The van der Waals surface area contributed by atoms with E-state index in [1.807, 2.05) is 18.7 Å². The van der Waals surface area contributed by atoms with Gasteiger partial charge in [-0.1, -0.05) is 38.1 Å². The third-order valence-electron chi connectivity index (χ3n) is 6.09. The van der Waals surface area contributed by atoms with Crippen molar-refractivity contribution in [2.75, 3.05) is 37.6 Å². The van der Waals surface area contributed by atoms with Crippen molar-refractivity contribution in [1.82, 2.24) is 9.62 Å². The molecule has 6 nitrogen and oxygen atoms in total. The van der Waals surface area contributed by atoms with Crippen molar-refractivity contribution >= 4 is 21.6 Å². The minimum Gasteiger partial charge on any atom is -0.368 e. The molecule has 1 saturated heterocycles. The Hall–Kier alpha value is -2.38. The van der Waals surface area contributed by atoms with E-state index in [0.29, 0.717) is 19.4 Å². The molecule has 0 spiro atoms. The molecule has 1 aliphatic rings. The Morgan fingerprint density at radius 1 is 1.00 bits per heavy atom. The summed E-state index contributed by atoms with van der Waals surface area (Å²) >= 11 is 0. The molecular weight excluding hydrogens is 422 g/mol. The number of benzene rings is 2. The number of sulfonamides is 1. The van der Waals surface area contributed by atoms with Crippen LogP contribution in [-0.2, 0) is 21.2 Å².